The molecule has 4 N–H and O–H groups in total. The van der Waals surface area contributed by atoms with Crippen molar-refractivity contribution in [3.63, 3.8) is 0 Å². The molecule has 0 heterocycles. The second kappa shape index (κ2) is 7.24. The highest BCUT2D eigenvalue weighted by atomic mass is 16.1. The average molecular weight is 284 g/mol. The van der Waals surface area contributed by atoms with E-state index in [1.165, 1.54) is 0 Å². The van der Waals surface area contributed by atoms with Gasteiger partial charge in [0.25, 0.3) is 0 Å². The van der Waals surface area contributed by atoms with Gasteiger partial charge in [-0.25, -0.2) is 0 Å². The summed E-state index contributed by atoms with van der Waals surface area (Å²) in [5.41, 5.74) is 14.5. The van der Waals surface area contributed by atoms with E-state index in [1.807, 2.05) is 45.0 Å². The van der Waals surface area contributed by atoms with E-state index < -0.39 is 0 Å². The van der Waals surface area contributed by atoms with Gasteiger partial charge in [0.1, 0.15) is 0 Å². The maximum atomic E-state index is 10.8. The zero-order valence-corrected chi connectivity index (χ0v) is 12.5. The second-order valence-corrected chi connectivity index (χ2v) is 4.91. The fraction of sp³-hybridized carbons (Fsp3) is 0.176. The minimum absolute atomic E-state index is 0.359. The first-order valence-corrected chi connectivity index (χ1v) is 6.54. The van der Waals surface area contributed by atoms with E-state index in [0.717, 1.165) is 16.7 Å². The van der Waals surface area contributed by atoms with Crippen LogP contribution >= 0.6 is 0 Å². The number of aryl methyl sites for hydroxylation is 3. The molecule has 0 bridgehead atoms. The number of rotatable bonds is 2. The highest BCUT2D eigenvalue weighted by Gasteiger charge is 2.02. The van der Waals surface area contributed by atoms with Gasteiger partial charge in [-0.1, -0.05) is 35.4 Å². The maximum absolute atomic E-state index is 10.8. The predicted octanol–water partition coefficient (Wildman–Crippen LogP) is 2.50. The van der Waals surface area contributed by atoms with Gasteiger partial charge in [0.2, 0.25) is 11.8 Å². The smallest absolute Gasteiger partial charge is 0.248 e. The average Bonchev–Trinajstić information content (AvgIpc) is 2.39. The molecule has 4 heteroatoms. The third-order valence-corrected chi connectivity index (χ3v) is 2.98. The molecule has 0 atom stereocenters. The number of primary amides is 2. The van der Waals surface area contributed by atoms with Crippen molar-refractivity contribution in [2.75, 3.05) is 0 Å². The van der Waals surface area contributed by atoms with Crippen molar-refractivity contribution in [3.05, 3.63) is 70.3 Å². The Morgan fingerprint density at radius 3 is 1.71 bits per heavy atom. The van der Waals surface area contributed by atoms with Gasteiger partial charge in [0, 0.05) is 11.1 Å². The van der Waals surface area contributed by atoms with Gasteiger partial charge in [-0.05, 0) is 44.5 Å². The fourth-order valence-corrected chi connectivity index (χ4v) is 1.81. The predicted molar refractivity (Wildman–Crippen MR) is 84.1 cm³/mol. The number of carbonyl (C=O) groups excluding carboxylic acids is 2. The highest BCUT2D eigenvalue weighted by molar-refractivity contribution is 5.94. The molecule has 110 valence electrons. The zero-order valence-electron chi connectivity index (χ0n) is 12.5. The Labute approximate surface area is 124 Å². The molecule has 0 fully saturated rings. The van der Waals surface area contributed by atoms with Crippen LogP contribution in [0.4, 0.5) is 0 Å². The Balaban J connectivity index is 0.000000211. The summed E-state index contributed by atoms with van der Waals surface area (Å²) in [7, 11) is 0. The summed E-state index contributed by atoms with van der Waals surface area (Å²) < 4.78 is 0. The lowest BCUT2D eigenvalue weighted by Crippen LogP contribution is -2.12. The first-order chi connectivity index (χ1) is 9.81. The minimum atomic E-state index is -0.375. The van der Waals surface area contributed by atoms with Crippen LogP contribution in [-0.4, -0.2) is 11.8 Å². The molecule has 0 spiro atoms. The van der Waals surface area contributed by atoms with Crippen molar-refractivity contribution in [2.45, 2.75) is 20.8 Å². The van der Waals surface area contributed by atoms with Gasteiger partial charge in [0.05, 0.1) is 0 Å². The Kier molecular flexibility index (Phi) is 5.67. The number of hydrogen-bond acceptors (Lipinski definition) is 2. The van der Waals surface area contributed by atoms with Gasteiger partial charge in [-0.2, -0.15) is 0 Å². The zero-order chi connectivity index (χ0) is 16.0. The largest absolute Gasteiger partial charge is 0.366 e. The molecule has 4 nitrogen and oxygen atoms in total. The van der Waals surface area contributed by atoms with Gasteiger partial charge < -0.3 is 11.5 Å². The van der Waals surface area contributed by atoms with Gasteiger partial charge in [-0.3, -0.25) is 9.59 Å². The molecule has 0 saturated carbocycles. The second-order valence-electron chi connectivity index (χ2n) is 4.91. The molecule has 2 amide bonds. The van der Waals surface area contributed by atoms with E-state index in [-0.39, 0.29) is 11.8 Å². The molecule has 0 aliphatic rings. The van der Waals surface area contributed by atoms with E-state index >= 15 is 0 Å². The van der Waals surface area contributed by atoms with E-state index in [4.69, 9.17) is 11.5 Å². The highest BCUT2D eigenvalue weighted by Crippen LogP contribution is 2.08. The van der Waals surface area contributed by atoms with Crippen LogP contribution in [0.3, 0.4) is 0 Å². The van der Waals surface area contributed by atoms with E-state index in [2.05, 4.69) is 0 Å². The Bertz CT molecular complexity index is 646. The number of hydrogen-bond donors (Lipinski definition) is 2. The number of carbonyl (C=O) groups is 2. The van der Waals surface area contributed by atoms with Crippen molar-refractivity contribution in [2.24, 2.45) is 11.5 Å². The third-order valence-electron chi connectivity index (χ3n) is 2.98. The number of nitrogens with two attached hydrogens (primary N) is 2. The maximum Gasteiger partial charge on any atom is 0.248 e. The van der Waals surface area contributed by atoms with Crippen LogP contribution < -0.4 is 11.5 Å². The molecule has 0 radical (unpaired) electrons. The van der Waals surface area contributed by atoms with Crippen molar-refractivity contribution >= 4 is 11.8 Å². The molecular formula is C17H20N2O2. The SMILES string of the molecule is Cc1ccc(C(N)=O)c(C)c1.Cc1ccc(C(N)=O)cc1. The van der Waals surface area contributed by atoms with Crippen molar-refractivity contribution in [1.29, 1.82) is 0 Å². The van der Waals surface area contributed by atoms with Crippen molar-refractivity contribution in [1.82, 2.24) is 0 Å². The van der Waals surface area contributed by atoms with Crippen LogP contribution in [0.2, 0.25) is 0 Å². The van der Waals surface area contributed by atoms with Crippen LogP contribution in [-0.2, 0) is 0 Å². The first kappa shape index (κ1) is 16.4. The molecule has 2 aromatic carbocycles. The molecule has 0 aromatic heterocycles. The van der Waals surface area contributed by atoms with Crippen LogP contribution in [0.5, 0.6) is 0 Å². The molecule has 0 aliphatic carbocycles. The summed E-state index contributed by atoms with van der Waals surface area (Å²) in [6.07, 6.45) is 0. The minimum Gasteiger partial charge on any atom is -0.366 e. The molecular weight excluding hydrogens is 264 g/mol. The Hall–Kier alpha value is -2.62. The van der Waals surface area contributed by atoms with Crippen molar-refractivity contribution in [3.8, 4) is 0 Å². The summed E-state index contributed by atoms with van der Waals surface area (Å²) in [5, 5.41) is 0. The van der Waals surface area contributed by atoms with Crippen LogP contribution in [0.1, 0.15) is 37.4 Å². The van der Waals surface area contributed by atoms with Crippen molar-refractivity contribution < 1.29 is 9.59 Å². The summed E-state index contributed by atoms with van der Waals surface area (Å²) >= 11 is 0. The molecule has 2 rings (SSSR count). The van der Waals surface area contributed by atoms with Gasteiger partial charge in [-0.15, -0.1) is 0 Å². The molecule has 21 heavy (non-hydrogen) atoms. The monoisotopic (exact) mass is 284 g/mol. The molecule has 0 aliphatic heterocycles. The molecule has 0 unspecified atom stereocenters. The summed E-state index contributed by atoms with van der Waals surface area (Å²) in [6.45, 7) is 5.83. The first-order valence-electron chi connectivity index (χ1n) is 6.54. The summed E-state index contributed by atoms with van der Waals surface area (Å²) in [4.78, 5) is 21.3. The van der Waals surface area contributed by atoms with Gasteiger partial charge >= 0.3 is 0 Å². The lowest BCUT2D eigenvalue weighted by molar-refractivity contribution is 0.0991. The summed E-state index contributed by atoms with van der Waals surface area (Å²) in [5.74, 6) is -0.734. The normalized spacial score (nSPS) is 9.48. The molecule has 0 saturated heterocycles. The van der Waals surface area contributed by atoms with E-state index in [9.17, 15) is 9.59 Å². The Morgan fingerprint density at radius 2 is 1.29 bits per heavy atom. The molecule has 2 aromatic rings. The van der Waals surface area contributed by atoms with E-state index in [1.54, 1.807) is 18.2 Å². The van der Waals surface area contributed by atoms with Crippen LogP contribution in [0.15, 0.2) is 42.5 Å². The fourth-order valence-electron chi connectivity index (χ4n) is 1.81. The Morgan fingerprint density at radius 1 is 0.762 bits per heavy atom. The van der Waals surface area contributed by atoms with Crippen LogP contribution in [0.25, 0.3) is 0 Å². The lowest BCUT2D eigenvalue weighted by atomic mass is 10.1. The third kappa shape index (κ3) is 5.10. The summed E-state index contributed by atoms with van der Waals surface area (Å²) in [6, 6.07) is 12.7. The van der Waals surface area contributed by atoms with Gasteiger partial charge in [0.15, 0.2) is 0 Å². The quantitative estimate of drug-likeness (QED) is 0.887. The lowest BCUT2D eigenvalue weighted by Gasteiger charge is -2.01. The van der Waals surface area contributed by atoms with E-state index in [0.29, 0.717) is 11.1 Å². The standard InChI is InChI=1S/C9H11NO.C8H9NO/c1-6-3-4-8(9(10)11)7(2)5-6;1-6-2-4-7(5-3-6)8(9)10/h3-5H,1-2H3,(H2,10,11);2-5H,1H3,(H2,9,10). The topological polar surface area (TPSA) is 86.2 Å². The van der Waals surface area contributed by atoms with Crippen LogP contribution in [0, 0.1) is 20.8 Å². The number of amides is 2. The number of benzene rings is 2.